The van der Waals surface area contributed by atoms with Crippen molar-refractivity contribution < 1.29 is 13.6 Å². The molecule has 0 spiro atoms. The summed E-state index contributed by atoms with van der Waals surface area (Å²) < 4.78 is 29.4. The van der Waals surface area contributed by atoms with Crippen molar-refractivity contribution in [3.05, 3.63) is 46.5 Å². The Balaban J connectivity index is 1.36. The second-order valence-corrected chi connectivity index (χ2v) is 8.80. The normalized spacial score (nSPS) is 24.4. The molecule has 5 nitrogen and oxygen atoms in total. The molecule has 8 heteroatoms. The van der Waals surface area contributed by atoms with Crippen LogP contribution in [0.1, 0.15) is 29.0 Å². The van der Waals surface area contributed by atoms with Gasteiger partial charge >= 0.3 is 5.92 Å². The van der Waals surface area contributed by atoms with Crippen LogP contribution in [0.25, 0.3) is 0 Å². The Morgan fingerprint density at radius 1 is 1.18 bits per heavy atom. The van der Waals surface area contributed by atoms with Gasteiger partial charge in [0.25, 0.3) is 5.91 Å². The van der Waals surface area contributed by atoms with Crippen LogP contribution >= 0.6 is 11.3 Å². The van der Waals surface area contributed by atoms with Gasteiger partial charge in [-0.3, -0.25) is 4.79 Å². The van der Waals surface area contributed by atoms with E-state index >= 15 is 0 Å². The summed E-state index contributed by atoms with van der Waals surface area (Å²) >= 11 is 1.57. The quantitative estimate of drug-likeness (QED) is 0.855. The van der Waals surface area contributed by atoms with Crippen LogP contribution < -0.4 is 10.2 Å². The highest BCUT2D eigenvalue weighted by Crippen LogP contribution is 2.39. The van der Waals surface area contributed by atoms with Crippen molar-refractivity contribution in [2.45, 2.75) is 43.8 Å². The van der Waals surface area contributed by atoms with E-state index in [0.717, 1.165) is 41.6 Å². The lowest BCUT2D eigenvalue weighted by Gasteiger charge is -2.35. The summed E-state index contributed by atoms with van der Waals surface area (Å²) in [4.78, 5) is 22.0. The molecule has 3 aliphatic rings. The molecular weight excluding hydrogens is 382 g/mol. The highest BCUT2D eigenvalue weighted by atomic mass is 32.1. The maximum atomic E-state index is 14.7. The van der Waals surface area contributed by atoms with E-state index in [1.54, 1.807) is 17.4 Å². The fourth-order valence-electron chi connectivity index (χ4n) is 4.53. The summed E-state index contributed by atoms with van der Waals surface area (Å²) in [6.07, 6.45) is 2.86. The number of amides is 1. The van der Waals surface area contributed by atoms with Crippen LogP contribution in [0.2, 0.25) is 0 Å². The first-order valence-electron chi connectivity index (χ1n) is 9.74. The molecule has 2 fully saturated rings. The van der Waals surface area contributed by atoms with Crippen molar-refractivity contribution in [2.75, 3.05) is 24.5 Å². The lowest BCUT2D eigenvalue weighted by atomic mass is 10.1. The fraction of sp³-hybridized carbons (Fsp3) is 0.500. The number of halogens is 2. The summed E-state index contributed by atoms with van der Waals surface area (Å²) in [6, 6.07) is 8.26. The minimum Gasteiger partial charge on any atom is -0.340 e. The number of nitrogens with zero attached hydrogens (tertiary/aromatic N) is 3. The van der Waals surface area contributed by atoms with Gasteiger partial charge in [0.1, 0.15) is 0 Å². The summed E-state index contributed by atoms with van der Waals surface area (Å²) in [5.74, 6) is -4.63. The van der Waals surface area contributed by atoms with Crippen LogP contribution in [0.3, 0.4) is 0 Å². The van der Waals surface area contributed by atoms with Gasteiger partial charge in [-0.15, -0.1) is 0 Å². The number of fused-ring (bicyclic) bond motifs is 3. The summed E-state index contributed by atoms with van der Waals surface area (Å²) in [5.41, 5.74) is 0.707. The van der Waals surface area contributed by atoms with Gasteiger partial charge in [-0.05, 0) is 12.8 Å². The van der Waals surface area contributed by atoms with E-state index in [-0.39, 0.29) is 18.7 Å². The molecule has 1 aromatic heterocycles. The Morgan fingerprint density at radius 3 is 2.61 bits per heavy atom. The molecule has 4 heterocycles. The third-order valence-corrected chi connectivity index (χ3v) is 7.11. The van der Waals surface area contributed by atoms with Crippen molar-refractivity contribution in [1.82, 2.24) is 15.2 Å². The van der Waals surface area contributed by atoms with E-state index in [1.165, 1.54) is 29.2 Å². The number of hydrogen-bond donors (Lipinski definition) is 1. The SMILES string of the molecule is O=C(N1CCc2nc(N3C4CCC3CNC4)sc2C1)C(F)(F)c1ccccc1. The van der Waals surface area contributed by atoms with Crippen LogP contribution in [0, 0.1) is 0 Å². The number of nitrogens with one attached hydrogen (secondary N) is 1. The Hall–Kier alpha value is -2.06. The minimum atomic E-state index is -3.51. The second-order valence-electron chi connectivity index (χ2n) is 7.73. The maximum Gasteiger partial charge on any atom is 0.349 e. The first-order valence-corrected chi connectivity index (χ1v) is 10.6. The fourth-order valence-corrected chi connectivity index (χ4v) is 5.79. The van der Waals surface area contributed by atoms with Crippen LogP contribution in [-0.2, 0) is 23.7 Å². The third kappa shape index (κ3) is 2.90. The molecule has 1 aromatic carbocycles. The zero-order valence-corrected chi connectivity index (χ0v) is 16.2. The Bertz CT molecular complexity index is 872. The van der Waals surface area contributed by atoms with Gasteiger partial charge in [-0.2, -0.15) is 8.78 Å². The zero-order chi connectivity index (χ0) is 19.3. The average Bonchev–Trinajstić information content (AvgIpc) is 3.24. The molecule has 2 bridgehead atoms. The molecular formula is C20H22F2N4OS. The van der Waals surface area contributed by atoms with E-state index in [9.17, 15) is 13.6 Å². The van der Waals surface area contributed by atoms with Crippen molar-refractivity contribution in [3.63, 3.8) is 0 Å². The van der Waals surface area contributed by atoms with Gasteiger partial charge in [0, 0.05) is 48.6 Å². The summed E-state index contributed by atoms with van der Waals surface area (Å²) in [6.45, 7) is 2.44. The van der Waals surface area contributed by atoms with Crippen molar-refractivity contribution in [2.24, 2.45) is 0 Å². The highest BCUT2D eigenvalue weighted by Gasteiger charge is 2.45. The number of carbonyl (C=O) groups excluding carboxylic acids is 1. The first-order chi connectivity index (χ1) is 13.5. The van der Waals surface area contributed by atoms with Gasteiger partial charge in [0.2, 0.25) is 0 Å². The molecule has 2 unspecified atom stereocenters. The molecule has 1 N–H and O–H groups in total. The number of aromatic nitrogens is 1. The Labute approximate surface area is 166 Å². The van der Waals surface area contributed by atoms with Gasteiger partial charge < -0.3 is 15.1 Å². The van der Waals surface area contributed by atoms with E-state index in [4.69, 9.17) is 4.98 Å². The number of rotatable bonds is 3. The predicted molar refractivity (Wildman–Crippen MR) is 104 cm³/mol. The van der Waals surface area contributed by atoms with Gasteiger partial charge in [0.05, 0.1) is 12.2 Å². The summed E-state index contributed by atoms with van der Waals surface area (Å²) in [7, 11) is 0. The first kappa shape index (κ1) is 18.0. The van der Waals surface area contributed by atoms with Gasteiger partial charge in [-0.1, -0.05) is 41.7 Å². The van der Waals surface area contributed by atoms with E-state index in [1.807, 2.05) is 0 Å². The van der Waals surface area contributed by atoms with E-state index < -0.39 is 11.8 Å². The molecule has 28 heavy (non-hydrogen) atoms. The summed E-state index contributed by atoms with van der Waals surface area (Å²) in [5, 5.41) is 4.45. The average molecular weight is 404 g/mol. The molecule has 3 aliphatic heterocycles. The molecule has 5 rings (SSSR count). The molecule has 2 saturated heterocycles. The van der Waals surface area contributed by atoms with Gasteiger partial charge in [-0.25, -0.2) is 4.98 Å². The number of alkyl halides is 2. The Morgan fingerprint density at radius 2 is 1.89 bits per heavy atom. The van der Waals surface area contributed by atoms with Crippen molar-refractivity contribution in [1.29, 1.82) is 0 Å². The zero-order valence-electron chi connectivity index (χ0n) is 15.4. The van der Waals surface area contributed by atoms with Crippen molar-refractivity contribution in [3.8, 4) is 0 Å². The molecule has 2 atom stereocenters. The van der Waals surface area contributed by atoms with Gasteiger partial charge in [0.15, 0.2) is 5.13 Å². The smallest absolute Gasteiger partial charge is 0.340 e. The molecule has 0 radical (unpaired) electrons. The molecule has 2 aromatic rings. The standard InChI is InChI=1S/C20H22F2N4OS/c21-20(22,13-4-2-1-3-5-13)18(27)25-9-8-16-17(12-25)28-19(24-16)26-14-6-7-15(26)11-23-10-14/h1-5,14-15,23H,6-12H2. The van der Waals surface area contributed by atoms with E-state index in [0.29, 0.717) is 18.5 Å². The molecule has 148 valence electrons. The number of hydrogen-bond acceptors (Lipinski definition) is 5. The third-order valence-electron chi connectivity index (χ3n) is 6.01. The number of carbonyl (C=O) groups is 1. The lowest BCUT2D eigenvalue weighted by molar-refractivity contribution is -0.160. The number of thiazole rings is 1. The molecule has 1 amide bonds. The van der Waals surface area contributed by atoms with E-state index in [2.05, 4.69) is 10.2 Å². The largest absolute Gasteiger partial charge is 0.349 e. The van der Waals surface area contributed by atoms with Crippen molar-refractivity contribution >= 4 is 22.4 Å². The monoisotopic (exact) mass is 404 g/mol. The topological polar surface area (TPSA) is 48.5 Å². The predicted octanol–water partition coefficient (Wildman–Crippen LogP) is 2.76. The minimum absolute atomic E-state index is 0.218. The van der Waals surface area contributed by atoms with Crippen LogP contribution in [0.15, 0.2) is 30.3 Å². The van der Waals surface area contributed by atoms with Crippen LogP contribution in [0.5, 0.6) is 0 Å². The maximum absolute atomic E-state index is 14.7. The second kappa shape index (κ2) is 6.77. The number of piperazine rings is 1. The number of anilines is 1. The Kier molecular flexibility index (Phi) is 4.35. The molecule has 0 saturated carbocycles. The highest BCUT2D eigenvalue weighted by molar-refractivity contribution is 7.15. The molecule has 0 aliphatic carbocycles. The van der Waals surface area contributed by atoms with Crippen LogP contribution in [-0.4, -0.2) is 47.5 Å². The number of benzene rings is 1. The van der Waals surface area contributed by atoms with Crippen LogP contribution in [0.4, 0.5) is 13.9 Å². The lowest BCUT2D eigenvalue weighted by Crippen LogP contribution is -2.51.